The molecule has 0 aliphatic carbocycles. The second-order valence-electron chi connectivity index (χ2n) is 6.09. The van der Waals surface area contributed by atoms with E-state index in [1.54, 1.807) is 5.01 Å². The Bertz CT molecular complexity index is 683. The number of ether oxygens (including phenoxy) is 2. The number of hydrogen-bond acceptors (Lipinski definition) is 4. The van der Waals surface area contributed by atoms with Gasteiger partial charge in [0, 0.05) is 19.2 Å². The van der Waals surface area contributed by atoms with Gasteiger partial charge in [-0.2, -0.15) is 0 Å². The molecule has 0 saturated heterocycles. The van der Waals surface area contributed by atoms with E-state index in [1.807, 2.05) is 32.2 Å². The summed E-state index contributed by atoms with van der Waals surface area (Å²) in [6.45, 7) is 9.41. The highest BCUT2D eigenvalue weighted by molar-refractivity contribution is 5.55. The van der Waals surface area contributed by atoms with Gasteiger partial charge in [0.1, 0.15) is 12.4 Å². The van der Waals surface area contributed by atoms with E-state index < -0.39 is 0 Å². The molecule has 0 spiro atoms. The van der Waals surface area contributed by atoms with Crippen molar-refractivity contribution >= 4 is 5.69 Å². The Morgan fingerprint density at radius 1 is 1.12 bits per heavy atom. The molecule has 2 N–H and O–H groups in total. The van der Waals surface area contributed by atoms with Crippen molar-refractivity contribution in [1.29, 1.82) is 0 Å². The second-order valence-corrected chi connectivity index (χ2v) is 6.09. The molecular formula is C20H28N2O2. The number of anilines is 1. The lowest BCUT2D eigenvalue weighted by molar-refractivity contribution is 0.0763. The maximum atomic E-state index is 6.07. The highest BCUT2D eigenvalue weighted by Crippen LogP contribution is 2.27. The molecule has 0 bridgehead atoms. The van der Waals surface area contributed by atoms with Crippen molar-refractivity contribution in [3.8, 4) is 5.75 Å². The first kappa shape index (κ1) is 18.3. The Morgan fingerprint density at radius 2 is 1.88 bits per heavy atom. The number of hydrazine groups is 1. The van der Waals surface area contributed by atoms with Gasteiger partial charge >= 0.3 is 0 Å². The summed E-state index contributed by atoms with van der Waals surface area (Å²) in [5.41, 5.74) is 5.53. The standard InChI is InChI=1S/C20H28N2O2/c1-6-23-16(4)17-10-11-20(15(3)12-17)24-13-18-14(2)8-7-9-19(18)22(5)21/h7-12,16H,6,13,21H2,1-5H3. The van der Waals surface area contributed by atoms with E-state index in [0.717, 1.165) is 22.6 Å². The molecule has 0 radical (unpaired) electrons. The van der Waals surface area contributed by atoms with Crippen molar-refractivity contribution in [2.45, 2.75) is 40.4 Å². The normalized spacial score (nSPS) is 12.1. The molecule has 2 aromatic rings. The minimum absolute atomic E-state index is 0.0941. The van der Waals surface area contributed by atoms with Gasteiger partial charge < -0.3 is 14.5 Å². The van der Waals surface area contributed by atoms with Crippen LogP contribution in [0.2, 0.25) is 0 Å². The number of nitrogens with two attached hydrogens (primary N) is 1. The van der Waals surface area contributed by atoms with Gasteiger partial charge in [0.25, 0.3) is 0 Å². The van der Waals surface area contributed by atoms with Crippen LogP contribution in [0.1, 0.15) is 42.2 Å². The molecule has 2 aromatic carbocycles. The summed E-state index contributed by atoms with van der Waals surface area (Å²) in [5, 5.41) is 1.63. The van der Waals surface area contributed by atoms with Crippen LogP contribution in [0.3, 0.4) is 0 Å². The third kappa shape index (κ3) is 4.28. The maximum absolute atomic E-state index is 6.07. The molecule has 0 aliphatic heterocycles. The fourth-order valence-electron chi connectivity index (χ4n) is 2.79. The molecule has 4 nitrogen and oxygen atoms in total. The summed E-state index contributed by atoms with van der Waals surface area (Å²) in [4.78, 5) is 0. The van der Waals surface area contributed by atoms with Crippen LogP contribution in [0.4, 0.5) is 5.69 Å². The Balaban J connectivity index is 2.16. The van der Waals surface area contributed by atoms with Gasteiger partial charge in [-0.15, -0.1) is 0 Å². The first-order chi connectivity index (χ1) is 11.4. The Hall–Kier alpha value is -2.04. The molecule has 0 heterocycles. The van der Waals surface area contributed by atoms with Crippen LogP contribution < -0.4 is 15.6 Å². The molecular weight excluding hydrogens is 300 g/mol. The van der Waals surface area contributed by atoms with E-state index in [4.69, 9.17) is 15.3 Å². The van der Waals surface area contributed by atoms with Gasteiger partial charge in [-0.3, -0.25) is 0 Å². The van der Waals surface area contributed by atoms with E-state index in [9.17, 15) is 0 Å². The first-order valence-corrected chi connectivity index (χ1v) is 8.35. The minimum atomic E-state index is 0.0941. The number of hydrogen-bond donors (Lipinski definition) is 1. The zero-order valence-corrected chi connectivity index (χ0v) is 15.3. The van der Waals surface area contributed by atoms with Crippen LogP contribution >= 0.6 is 0 Å². The van der Waals surface area contributed by atoms with Crippen LogP contribution in [0.15, 0.2) is 36.4 Å². The lowest BCUT2D eigenvalue weighted by Gasteiger charge is -2.20. The smallest absolute Gasteiger partial charge is 0.122 e. The van der Waals surface area contributed by atoms with Gasteiger partial charge in [-0.1, -0.05) is 18.2 Å². The van der Waals surface area contributed by atoms with E-state index in [-0.39, 0.29) is 6.10 Å². The Labute approximate surface area is 145 Å². The predicted molar refractivity (Wildman–Crippen MR) is 99.3 cm³/mol. The zero-order valence-electron chi connectivity index (χ0n) is 15.3. The minimum Gasteiger partial charge on any atom is -0.489 e. The molecule has 1 atom stereocenters. The second kappa shape index (κ2) is 8.18. The van der Waals surface area contributed by atoms with E-state index in [2.05, 4.69) is 39.0 Å². The average molecular weight is 328 g/mol. The summed E-state index contributed by atoms with van der Waals surface area (Å²) in [6, 6.07) is 12.3. The SMILES string of the molecule is CCOC(C)c1ccc(OCc2c(C)cccc2N(C)N)c(C)c1. The van der Waals surface area contributed by atoms with E-state index in [1.165, 1.54) is 11.1 Å². The third-order valence-electron chi connectivity index (χ3n) is 4.22. The van der Waals surface area contributed by atoms with Gasteiger partial charge in [0.2, 0.25) is 0 Å². The van der Waals surface area contributed by atoms with Crippen molar-refractivity contribution < 1.29 is 9.47 Å². The monoisotopic (exact) mass is 328 g/mol. The molecule has 0 saturated carbocycles. The fraction of sp³-hybridized carbons (Fsp3) is 0.400. The molecule has 0 fully saturated rings. The van der Waals surface area contributed by atoms with Crippen molar-refractivity contribution in [3.05, 3.63) is 58.7 Å². The van der Waals surface area contributed by atoms with Crippen molar-refractivity contribution in [3.63, 3.8) is 0 Å². The maximum Gasteiger partial charge on any atom is 0.122 e. The lowest BCUT2D eigenvalue weighted by atomic mass is 10.1. The summed E-state index contributed by atoms with van der Waals surface area (Å²) < 4.78 is 11.7. The Morgan fingerprint density at radius 3 is 2.50 bits per heavy atom. The Kier molecular flexibility index (Phi) is 6.23. The molecule has 1 unspecified atom stereocenters. The molecule has 130 valence electrons. The van der Waals surface area contributed by atoms with Crippen molar-refractivity contribution in [2.24, 2.45) is 5.84 Å². The third-order valence-corrected chi connectivity index (χ3v) is 4.22. The van der Waals surface area contributed by atoms with E-state index in [0.29, 0.717) is 13.2 Å². The number of rotatable bonds is 7. The molecule has 24 heavy (non-hydrogen) atoms. The van der Waals surface area contributed by atoms with E-state index >= 15 is 0 Å². The van der Waals surface area contributed by atoms with Gasteiger partial charge in [-0.05, 0) is 62.6 Å². The van der Waals surface area contributed by atoms with Crippen LogP contribution in [0, 0.1) is 13.8 Å². The van der Waals surface area contributed by atoms with Gasteiger partial charge in [0.05, 0.1) is 11.8 Å². The van der Waals surface area contributed by atoms with Crippen LogP contribution in [-0.4, -0.2) is 13.7 Å². The van der Waals surface area contributed by atoms with Crippen molar-refractivity contribution in [1.82, 2.24) is 0 Å². The molecule has 0 aliphatic rings. The van der Waals surface area contributed by atoms with Gasteiger partial charge in [0.15, 0.2) is 0 Å². The van der Waals surface area contributed by atoms with Crippen LogP contribution in [0.25, 0.3) is 0 Å². The molecule has 0 amide bonds. The molecule has 0 aromatic heterocycles. The fourth-order valence-corrected chi connectivity index (χ4v) is 2.79. The summed E-state index contributed by atoms with van der Waals surface area (Å²) >= 11 is 0. The van der Waals surface area contributed by atoms with Crippen LogP contribution in [0.5, 0.6) is 5.75 Å². The topological polar surface area (TPSA) is 47.7 Å². The average Bonchev–Trinajstić information content (AvgIpc) is 2.54. The quantitative estimate of drug-likeness (QED) is 0.608. The van der Waals surface area contributed by atoms with Crippen LogP contribution in [-0.2, 0) is 11.3 Å². The lowest BCUT2D eigenvalue weighted by Crippen LogP contribution is -2.26. The summed E-state index contributed by atoms with van der Waals surface area (Å²) in [6.07, 6.45) is 0.0941. The van der Waals surface area contributed by atoms with Crippen molar-refractivity contribution in [2.75, 3.05) is 18.7 Å². The molecule has 2 rings (SSSR count). The number of nitrogens with zero attached hydrogens (tertiary/aromatic N) is 1. The number of aryl methyl sites for hydroxylation is 2. The molecule has 4 heteroatoms. The predicted octanol–water partition coefficient (Wildman–Crippen LogP) is 4.29. The number of benzene rings is 2. The summed E-state index contributed by atoms with van der Waals surface area (Å²) in [5.74, 6) is 6.81. The zero-order chi connectivity index (χ0) is 17.7. The van der Waals surface area contributed by atoms with Gasteiger partial charge in [-0.25, -0.2) is 5.84 Å². The summed E-state index contributed by atoms with van der Waals surface area (Å²) in [7, 11) is 1.84. The first-order valence-electron chi connectivity index (χ1n) is 8.35. The largest absolute Gasteiger partial charge is 0.489 e. The highest BCUT2D eigenvalue weighted by atomic mass is 16.5. The highest BCUT2D eigenvalue weighted by Gasteiger charge is 2.11.